The zero-order chi connectivity index (χ0) is 13.0. The van der Waals surface area contributed by atoms with Gasteiger partial charge in [0.05, 0.1) is 15.2 Å². The van der Waals surface area contributed by atoms with E-state index in [9.17, 15) is 9.59 Å². The second-order valence-electron chi connectivity index (χ2n) is 3.67. The van der Waals surface area contributed by atoms with Crippen molar-refractivity contribution >= 4 is 34.5 Å². The van der Waals surface area contributed by atoms with Crippen LogP contribution in [0.2, 0.25) is 0 Å². The van der Waals surface area contributed by atoms with Crippen molar-refractivity contribution < 1.29 is 19.1 Å². The Morgan fingerprint density at radius 2 is 1.94 bits per heavy atom. The van der Waals surface area contributed by atoms with Crippen molar-refractivity contribution in [1.82, 2.24) is 0 Å². The van der Waals surface area contributed by atoms with Crippen LogP contribution in [-0.2, 0) is 9.53 Å². The average molecular weight is 348 g/mol. The Balaban J connectivity index is 3.01. The summed E-state index contributed by atoms with van der Waals surface area (Å²) < 4.78 is 10.7. The van der Waals surface area contributed by atoms with Gasteiger partial charge in [-0.25, -0.2) is 4.79 Å². The Labute approximate surface area is 113 Å². The second kappa shape index (κ2) is 6.00. The predicted molar refractivity (Wildman–Crippen MR) is 71.0 cm³/mol. The Hall–Kier alpha value is -1.11. The lowest BCUT2D eigenvalue weighted by atomic mass is 10.2. The molecule has 0 aliphatic heterocycles. The smallest absolute Gasteiger partial charge is 0.339 e. The van der Waals surface area contributed by atoms with Gasteiger partial charge in [-0.1, -0.05) is 6.07 Å². The van der Waals surface area contributed by atoms with Crippen LogP contribution in [0.15, 0.2) is 18.2 Å². The third-order valence-corrected chi connectivity index (χ3v) is 2.89. The number of carbonyl (C=O) groups is 2. The summed E-state index contributed by atoms with van der Waals surface area (Å²) in [5, 5.41) is 0. The molecule has 0 amide bonds. The average Bonchev–Trinajstić information content (AvgIpc) is 2.19. The molecule has 1 rings (SSSR count). The van der Waals surface area contributed by atoms with Crippen LogP contribution in [0.25, 0.3) is 0 Å². The molecule has 1 aromatic carbocycles. The van der Waals surface area contributed by atoms with Gasteiger partial charge in [0.1, 0.15) is 5.75 Å². The minimum Gasteiger partial charge on any atom is -0.459 e. The zero-order valence-corrected chi connectivity index (χ0v) is 12.0. The van der Waals surface area contributed by atoms with Gasteiger partial charge < -0.3 is 9.47 Å². The first-order valence-corrected chi connectivity index (χ1v) is 6.17. The van der Waals surface area contributed by atoms with E-state index in [4.69, 9.17) is 9.47 Å². The molecule has 0 bridgehead atoms. The van der Waals surface area contributed by atoms with Crippen LogP contribution < -0.4 is 4.74 Å². The molecule has 0 aliphatic rings. The molecule has 0 saturated carbocycles. The fourth-order valence-electron chi connectivity index (χ4n) is 1.18. The summed E-state index contributed by atoms with van der Waals surface area (Å²) in [5.74, 6) is -0.466. The number of carbonyl (C=O) groups excluding carboxylic acids is 2. The Morgan fingerprint density at radius 3 is 2.47 bits per heavy atom. The predicted octanol–water partition coefficient (Wildman–Crippen LogP) is 2.78. The first-order valence-electron chi connectivity index (χ1n) is 5.09. The van der Waals surface area contributed by atoms with E-state index in [1.165, 1.54) is 6.92 Å². The summed E-state index contributed by atoms with van der Waals surface area (Å²) in [6.07, 6.45) is -0.185. The lowest BCUT2D eigenvalue weighted by Gasteiger charge is -2.11. The molecule has 0 aromatic heterocycles. The van der Waals surface area contributed by atoms with Crippen molar-refractivity contribution in [3.8, 4) is 5.75 Å². The van der Waals surface area contributed by atoms with Gasteiger partial charge in [0, 0.05) is 6.92 Å². The second-order valence-corrected chi connectivity index (χ2v) is 4.74. The third kappa shape index (κ3) is 3.99. The first kappa shape index (κ1) is 14.0. The number of esters is 2. The summed E-state index contributed by atoms with van der Waals surface area (Å²) in [7, 11) is 0. The Bertz CT molecular complexity index is 440. The van der Waals surface area contributed by atoms with Gasteiger partial charge in [0.15, 0.2) is 0 Å². The maximum atomic E-state index is 11.7. The maximum absolute atomic E-state index is 11.7. The summed E-state index contributed by atoms with van der Waals surface area (Å²) in [5.41, 5.74) is 0.401. The highest BCUT2D eigenvalue weighted by Crippen LogP contribution is 2.25. The van der Waals surface area contributed by atoms with Gasteiger partial charge in [-0.15, -0.1) is 0 Å². The van der Waals surface area contributed by atoms with Crippen molar-refractivity contribution in [3.63, 3.8) is 0 Å². The molecule has 92 valence electrons. The van der Waals surface area contributed by atoms with E-state index >= 15 is 0 Å². The topological polar surface area (TPSA) is 52.6 Å². The molecule has 5 heteroatoms. The fraction of sp³-hybridized carbons (Fsp3) is 0.333. The fourth-order valence-corrected chi connectivity index (χ4v) is 1.87. The van der Waals surface area contributed by atoms with Gasteiger partial charge in [-0.3, -0.25) is 4.79 Å². The van der Waals surface area contributed by atoms with Gasteiger partial charge in [0.2, 0.25) is 0 Å². The van der Waals surface area contributed by atoms with Crippen LogP contribution in [0, 0.1) is 3.57 Å². The minimum absolute atomic E-state index is 0.185. The molecule has 0 atom stereocenters. The molecular formula is C12H13IO4. The highest BCUT2D eigenvalue weighted by molar-refractivity contribution is 14.1. The monoisotopic (exact) mass is 348 g/mol. The largest absolute Gasteiger partial charge is 0.459 e. The van der Waals surface area contributed by atoms with Crippen molar-refractivity contribution in [2.45, 2.75) is 26.9 Å². The molecule has 0 saturated heterocycles. The lowest BCUT2D eigenvalue weighted by molar-refractivity contribution is -0.131. The Morgan fingerprint density at radius 1 is 1.29 bits per heavy atom. The number of rotatable bonds is 3. The third-order valence-electron chi connectivity index (χ3n) is 1.78. The Kier molecular flexibility index (Phi) is 4.92. The standard InChI is InChI=1S/C12H13IO4/c1-7(2)16-12(15)9-5-4-6-10(11(9)13)17-8(3)14/h4-7H,1-3H3. The summed E-state index contributed by atoms with van der Waals surface area (Å²) >= 11 is 1.96. The van der Waals surface area contributed by atoms with E-state index in [0.29, 0.717) is 14.9 Å². The van der Waals surface area contributed by atoms with E-state index < -0.39 is 11.9 Å². The SMILES string of the molecule is CC(=O)Oc1cccc(C(=O)OC(C)C)c1I. The summed E-state index contributed by atoms with van der Waals surface area (Å²) in [4.78, 5) is 22.6. The summed E-state index contributed by atoms with van der Waals surface area (Å²) in [6, 6.07) is 4.92. The first-order chi connectivity index (χ1) is 7.91. The minimum atomic E-state index is -0.419. The molecule has 0 N–H and O–H groups in total. The van der Waals surface area contributed by atoms with Gasteiger partial charge in [0.25, 0.3) is 0 Å². The molecule has 17 heavy (non-hydrogen) atoms. The normalized spacial score (nSPS) is 10.2. The maximum Gasteiger partial charge on any atom is 0.339 e. The number of benzene rings is 1. The van der Waals surface area contributed by atoms with Gasteiger partial charge >= 0.3 is 11.9 Å². The summed E-state index contributed by atoms with van der Waals surface area (Å²) in [6.45, 7) is 4.87. The van der Waals surface area contributed by atoms with Crippen molar-refractivity contribution in [3.05, 3.63) is 27.3 Å². The van der Waals surface area contributed by atoms with Crippen LogP contribution in [0.1, 0.15) is 31.1 Å². The molecule has 0 radical (unpaired) electrons. The molecule has 1 aromatic rings. The van der Waals surface area contributed by atoms with E-state index in [0.717, 1.165) is 0 Å². The van der Waals surface area contributed by atoms with Crippen LogP contribution in [-0.4, -0.2) is 18.0 Å². The van der Waals surface area contributed by atoms with Gasteiger partial charge in [-0.05, 0) is 48.6 Å². The number of hydrogen-bond donors (Lipinski definition) is 0. The van der Waals surface area contributed by atoms with E-state index in [1.807, 2.05) is 22.6 Å². The van der Waals surface area contributed by atoms with Crippen LogP contribution in [0.4, 0.5) is 0 Å². The van der Waals surface area contributed by atoms with Crippen molar-refractivity contribution in [1.29, 1.82) is 0 Å². The lowest BCUT2D eigenvalue weighted by Crippen LogP contribution is -2.14. The molecule has 0 spiro atoms. The zero-order valence-electron chi connectivity index (χ0n) is 9.82. The molecular weight excluding hydrogens is 335 g/mol. The van der Waals surface area contributed by atoms with Gasteiger partial charge in [-0.2, -0.15) is 0 Å². The van der Waals surface area contributed by atoms with E-state index in [1.54, 1.807) is 32.0 Å². The van der Waals surface area contributed by atoms with Crippen LogP contribution in [0.5, 0.6) is 5.75 Å². The van der Waals surface area contributed by atoms with E-state index in [2.05, 4.69) is 0 Å². The molecule has 0 fully saturated rings. The van der Waals surface area contributed by atoms with Crippen LogP contribution in [0.3, 0.4) is 0 Å². The number of halogens is 1. The van der Waals surface area contributed by atoms with Crippen LogP contribution >= 0.6 is 22.6 Å². The number of ether oxygens (including phenoxy) is 2. The molecule has 0 aliphatic carbocycles. The van der Waals surface area contributed by atoms with E-state index in [-0.39, 0.29) is 6.10 Å². The highest BCUT2D eigenvalue weighted by atomic mass is 127. The van der Waals surface area contributed by atoms with Crippen molar-refractivity contribution in [2.75, 3.05) is 0 Å². The molecule has 0 unspecified atom stereocenters. The quantitative estimate of drug-likeness (QED) is 0.479. The molecule has 4 nitrogen and oxygen atoms in total. The molecule has 0 heterocycles. The van der Waals surface area contributed by atoms with Crippen molar-refractivity contribution in [2.24, 2.45) is 0 Å². The number of hydrogen-bond acceptors (Lipinski definition) is 4. The highest BCUT2D eigenvalue weighted by Gasteiger charge is 2.16.